The molecule has 6 aromatic rings. The smallest absolute Gasteiger partial charge is 0.226 e. The molecule has 0 bridgehead atoms. The number of nitrogens with one attached hydrogen (secondary N) is 2. The number of nitrogens with zero attached hydrogens (tertiary/aromatic N) is 8. The second-order valence-electron chi connectivity index (χ2n) is 17.6. The number of carbonyl (C=O) groups is 2. The van der Waals surface area contributed by atoms with Crippen molar-refractivity contribution >= 4 is 146 Å². The Hall–Kier alpha value is -2.68. The first-order chi connectivity index (χ1) is 30.6. The van der Waals surface area contributed by atoms with Crippen molar-refractivity contribution < 1.29 is 24.2 Å². The Bertz CT molecular complexity index is 2730. The molecular formula is C43H50Cl2I2N10O5S2Si. The number of imidazole rings is 2. The Morgan fingerprint density at radius 3 is 1.66 bits per heavy atom. The molecule has 4 N–H and O–H groups in total. The van der Waals surface area contributed by atoms with Crippen molar-refractivity contribution in [3.63, 3.8) is 0 Å². The van der Waals surface area contributed by atoms with Gasteiger partial charge in [0, 0.05) is 26.1 Å². The highest BCUT2D eigenvalue weighted by Crippen LogP contribution is 2.51. The molecule has 2 saturated heterocycles. The standard InChI is InChI=1S/C25H33ClIN5O2SSi.C18H17ClIN5O3S/c1-14-19(34-36(6,7)25(3,4)5)23(35-20(14)15(2)33)32-13-29-18-21(30-24(26)31-22(18)32)28-12-16-9-8-10-17(27)11-16;1-8(26)14-12(27)13(28)17(29-14)25-7-22-11-15(23-18(19)24-16(11)25)21-6-9-3-2-4-10(20)5-9/h8-11,13-14,19-20,23H,12H2,1-7H3,(H,28,30,31);2-5,7,12-14,17,27-28H,6H2,1H3,(H,21,23,24). The van der Waals surface area contributed by atoms with E-state index >= 15 is 0 Å². The van der Waals surface area contributed by atoms with Crippen LogP contribution in [-0.4, -0.2) is 97.9 Å². The van der Waals surface area contributed by atoms with Crippen LogP contribution in [0.2, 0.25) is 28.7 Å². The van der Waals surface area contributed by atoms with Crippen molar-refractivity contribution in [3.8, 4) is 0 Å². The lowest BCUT2D eigenvalue weighted by Gasteiger charge is -2.40. The van der Waals surface area contributed by atoms with E-state index in [0.29, 0.717) is 47.1 Å². The summed E-state index contributed by atoms with van der Waals surface area (Å²) >= 11 is 19.9. The fourth-order valence-electron chi connectivity index (χ4n) is 7.45. The van der Waals surface area contributed by atoms with Crippen LogP contribution in [0, 0.1) is 13.1 Å². The molecule has 15 nitrogen and oxygen atoms in total. The Labute approximate surface area is 424 Å². The highest BCUT2D eigenvalue weighted by Gasteiger charge is 2.50. The second kappa shape index (κ2) is 20.5. The molecule has 0 aliphatic carbocycles. The van der Waals surface area contributed by atoms with Gasteiger partial charge in [0.1, 0.15) is 34.5 Å². The van der Waals surface area contributed by atoms with Crippen molar-refractivity contribution in [2.45, 2.75) is 112 Å². The van der Waals surface area contributed by atoms with Gasteiger partial charge in [0.25, 0.3) is 0 Å². The van der Waals surface area contributed by atoms with E-state index < -0.39 is 31.1 Å². The van der Waals surface area contributed by atoms with Gasteiger partial charge in [-0.1, -0.05) is 52.0 Å². The predicted octanol–water partition coefficient (Wildman–Crippen LogP) is 9.55. The number of benzene rings is 2. The minimum absolute atomic E-state index is 0.0329. The van der Waals surface area contributed by atoms with Crippen LogP contribution in [0.25, 0.3) is 22.3 Å². The number of rotatable bonds is 12. The number of ketones is 2. The molecule has 346 valence electrons. The van der Waals surface area contributed by atoms with E-state index in [-0.39, 0.29) is 49.8 Å². The zero-order chi connectivity index (χ0) is 47.1. The van der Waals surface area contributed by atoms with E-state index in [1.165, 1.54) is 28.6 Å². The highest BCUT2D eigenvalue weighted by molar-refractivity contribution is 14.1. The maximum atomic E-state index is 12.5. The number of aliphatic hydroxyl groups excluding tert-OH is 2. The lowest BCUT2D eigenvalue weighted by Crippen LogP contribution is -2.47. The maximum Gasteiger partial charge on any atom is 0.226 e. The first-order valence-electron chi connectivity index (χ1n) is 20.8. The van der Waals surface area contributed by atoms with Crippen molar-refractivity contribution in [3.05, 3.63) is 90.0 Å². The van der Waals surface area contributed by atoms with Crippen LogP contribution in [0.3, 0.4) is 0 Å². The predicted molar refractivity (Wildman–Crippen MR) is 279 cm³/mol. The van der Waals surface area contributed by atoms with Gasteiger partial charge in [-0.25, -0.2) is 9.97 Å². The van der Waals surface area contributed by atoms with E-state index in [9.17, 15) is 19.8 Å². The van der Waals surface area contributed by atoms with Gasteiger partial charge < -0.3 is 25.3 Å². The molecule has 0 radical (unpaired) electrons. The summed E-state index contributed by atoms with van der Waals surface area (Å²) in [6.07, 6.45) is 0.848. The van der Waals surface area contributed by atoms with Crippen molar-refractivity contribution in [2.24, 2.45) is 5.92 Å². The quantitative estimate of drug-likeness (QED) is 0.0514. The minimum Gasteiger partial charge on any atom is -0.411 e. The average molecular weight is 1200 g/mol. The van der Waals surface area contributed by atoms with Gasteiger partial charge >= 0.3 is 0 Å². The molecule has 2 aromatic carbocycles. The zero-order valence-electron chi connectivity index (χ0n) is 36.8. The van der Waals surface area contributed by atoms with Gasteiger partial charge in [-0.3, -0.25) is 18.7 Å². The summed E-state index contributed by atoms with van der Waals surface area (Å²) in [7, 11) is -2.10. The molecule has 0 spiro atoms. The molecule has 8 unspecified atom stereocenters. The van der Waals surface area contributed by atoms with Crippen LogP contribution in [0.5, 0.6) is 0 Å². The fourth-order valence-corrected chi connectivity index (χ4v) is 13.5. The summed E-state index contributed by atoms with van der Waals surface area (Å²) < 4.78 is 12.9. The molecular weight excluding hydrogens is 1150 g/mol. The number of fused-ring (bicyclic) bond motifs is 2. The number of Topliss-reactive ketones (excluding diaryl/α,β-unsaturated/α-hetero) is 2. The topological polar surface area (TPSA) is 195 Å². The molecule has 22 heteroatoms. The van der Waals surface area contributed by atoms with Gasteiger partial charge in [0.2, 0.25) is 10.6 Å². The summed E-state index contributed by atoms with van der Waals surface area (Å²) in [5.41, 5.74) is 4.41. The van der Waals surface area contributed by atoms with Crippen LogP contribution in [0.4, 0.5) is 11.6 Å². The van der Waals surface area contributed by atoms with E-state index in [4.69, 9.17) is 27.6 Å². The number of thioether (sulfide) groups is 2. The Kier molecular flexibility index (Phi) is 15.8. The van der Waals surface area contributed by atoms with E-state index in [1.807, 2.05) is 28.8 Å². The van der Waals surface area contributed by atoms with Crippen LogP contribution in [-0.2, 0) is 27.1 Å². The van der Waals surface area contributed by atoms with Crippen LogP contribution in [0.15, 0.2) is 61.2 Å². The van der Waals surface area contributed by atoms with Gasteiger partial charge in [0.15, 0.2) is 42.3 Å². The van der Waals surface area contributed by atoms with Gasteiger partial charge in [-0.2, -0.15) is 19.9 Å². The molecule has 8 rings (SSSR count). The molecule has 6 heterocycles. The maximum absolute atomic E-state index is 12.5. The van der Waals surface area contributed by atoms with Crippen LogP contribution >= 0.6 is 91.9 Å². The highest BCUT2D eigenvalue weighted by atomic mass is 127. The summed E-state index contributed by atoms with van der Waals surface area (Å²) in [4.78, 5) is 50.9. The van der Waals surface area contributed by atoms with E-state index in [1.54, 1.807) is 29.6 Å². The molecule has 2 fully saturated rings. The fraction of sp³-hybridized carbons (Fsp3) is 0.442. The van der Waals surface area contributed by atoms with Gasteiger partial charge in [-0.15, -0.1) is 23.5 Å². The van der Waals surface area contributed by atoms with Crippen molar-refractivity contribution in [1.82, 2.24) is 39.0 Å². The first kappa shape index (κ1) is 50.2. The number of hydrogen-bond donors (Lipinski definition) is 4. The van der Waals surface area contributed by atoms with Crippen LogP contribution in [0.1, 0.15) is 63.4 Å². The summed E-state index contributed by atoms with van der Waals surface area (Å²) in [5, 5.41) is 25.9. The number of hydrogen-bond acceptors (Lipinski definition) is 15. The van der Waals surface area contributed by atoms with Gasteiger partial charge in [-0.05, 0) is 136 Å². The summed E-state index contributed by atoms with van der Waals surface area (Å²) in [6.45, 7) is 17.5. The molecule has 4 aromatic heterocycles. The number of aliphatic hydroxyl groups is 2. The zero-order valence-corrected chi connectivity index (χ0v) is 45.3. The number of carbonyl (C=O) groups excluding carboxylic acids is 2. The van der Waals surface area contributed by atoms with E-state index in [0.717, 1.165) is 14.7 Å². The number of anilines is 2. The Balaban J connectivity index is 0.000000198. The summed E-state index contributed by atoms with van der Waals surface area (Å²) in [5.74, 6) is 1.08. The molecule has 2 aliphatic heterocycles. The molecule has 65 heavy (non-hydrogen) atoms. The molecule has 0 saturated carbocycles. The van der Waals surface area contributed by atoms with Gasteiger partial charge in [0.05, 0.1) is 29.3 Å². The normalized spacial score (nSPS) is 23.4. The van der Waals surface area contributed by atoms with Crippen molar-refractivity contribution in [2.75, 3.05) is 10.6 Å². The van der Waals surface area contributed by atoms with E-state index in [2.05, 4.69) is 151 Å². The molecule has 0 amide bonds. The van der Waals surface area contributed by atoms with Crippen molar-refractivity contribution in [1.29, 1.82) is 0 Å². The molecule has 8 atom stereocenters. The lowest BCUT2D eigenvalue weighted by molar-refractivity contribution is -0.119. The second-order valence-corrected chi connectivity index (χ2v) is 28.0. The lowest BCUT2D eigenvalue weighted by atomic mass is 9.98. The number of halogens is 4. The molecule has 2 aliphatic rings. The third-order valence-electron chi connectivity index (χ3n) is 11.9. The average Bonchev–Trinajstić information content (AvgIpc) is 3.99. The SMILES string of the molecule is CC(=O)C1SC(n2cnc3c(NCc4cccc(I)c4)nc(Cl)nc32)C(O)C1O.CC(=O)C1SC(n2cnc3c(NCc4cccc(I)c4)nc(Cl)nc32)C(O[Si](C)(C)C(C)(C)C)C1C. The summed E-state index contributed by atoms with van der Waals surface area (Å²) in [6, 6.07) is 16.3. The Morgan fingerprint density at radius 1 is 0.769 bits per heavy atom. The minimum atomic E-state index is -2.10. The number of aromatic nitrogens is 8. The third kappa shape index (κ3) is 11.1. The largest absolute Gasteiger partial charge is 0.411 e. The monoisotopic (exact) mass is 1200 g/mol. The Morgan fingerprint density at radius 2 is 1.23 bits per heavy atom. The third-order valence-corrected chi connectivity index (χ3v) is 21.5. The van der Waals surface area contributed by atoms with Crippen LogP contribution < -0.4 is 10.6 Å². The first-order valence-corrected chi connectivity index (χ1v) is 28.5.